The van der Waals surface area contributed by atoms with E-state index >= 15 is 0 Å². The number of carbonyl (C=O) groups excluding carboxylic acids is 2. The summed E-state index contributed by atoms with van der Waals surface area (Å²) in [6, 6.07) is -0.892. The third-order valence-electron chi connectivity index (χ3n) is 3.33. The molecule has 2 unspecified atom stereocenters. The van der Waals surface area contributed by atoms with Gasteiger partial charge in [-0.3, -0.25) is 0 Å². The molecule has 0 aromatic rings. The van der Waals surface area contributed by atoms with E-state index in [2.05, 4.69) is 12.2 Å². The first-order valence-electron chi connectivity index (χ1n) is 8.60. The minimum absolute atomic E-state index is 0.0262. The molecule has 1 aliphatic heterocycles. The van der Waals surface area contributed by atoms with E-state index in [1.54, 1.807) is 20.8 Å². The fourth-order valence-electron chi connectivity index (χ4n) is 2.21. The molecule has 1 saturated heterocycles. The molecule has 7 heteroatoms. The van der Waals surface area contributed by atoms with Crippen LogP contribution in [0.4, 0.5) is 4.79 Å². The van der Waals surface area contributed by atoms with Crippen molar-refractivity contribution in [3.63, 3.8) is 0 Å². The second-order valence-corrected chi connectivity index (χ2v) is 7.07. The van der Waals surface area contributed by atoms with Gasteiger partial charge in [-0.2, -0.15) is 0 Å². The predicted octanol–water partition coefficient (Wildman–Crippen LogP) is 2.42. The van der Waals surface area contributed by atoms with Crippen molar-refractivity contribution in [1.82, 2.24) is 5.32 Å². The van der Waals surface area contributed by atoms with Crippen LogP contribution in [0.25, 0.3) is 0 Å². The Morgan fingerprint density at radius 2 is 2.04 bits per heavy atom. The van der Waals surface area contributed by atoms with Gasteiger partial charge >= 0.3 is 12.1 Å². The van der Waals surface area contributed by atoms with Crippen molar-refractivity contribution in [3.8, 4) is 0 Å². The van der Waals surface area contributed by atoms with Crippen molar-refractivity contribution >= 4 is 12.1 Å². The normalized spacial score (nSPS) is 25.9. The molecule has 0 aromatic heterocycles. The van der Waals surface area contributed by atoms with Crippen molar-refractivity contribution in [2.75, 3.05) is 19.8 Å². The summed E-state index contributed by atoms with van der Waals surface area (Å²) in [5, 5.41) is 2.51. The number of amides is 1. The fourth-order valence-corrected chi connectivity index (χ4v) is 2.21. The molecular weight excluding hydrogens is 314 g/mol. The molecule has 1 aliphatic rings. The summed E-state index contributed by atoms with van der Waals surface area (Å²) in [6.07, 6.45) is 1.49. The molecular formula is C17H31NO6. The molecule has 1 fully saturated rings. The van der Waals surface area contributed by atoms with Gasteiger partial charge in [-0.25, -0.2) is 9.59 Å². The molecule has 24 heavy (non-hydrogen) atoms. The number of alkyl carbamates (subject to hydrolysis) is 1. The zero-order chi connectivity index (χ0) is 18.2. The average Bonchev–Trinajstić information content (AvgIpc) is 2.48. The lowest BCUT2D eigenvalue weighted by Crippen LogP contribution is -2.47. The highest BCUT2D eigenvalue weighted by Gasteiger charge is 2.29. The van der Waals surface area contributed by atoms with Gasteiger partial charge in [-0.05, 0) is 34.1 Å². The number of cyclic esters (lactones) is 1. The predicted molar refractivity (Wildman–Crippen MR) is 88.8 cm³/mol. The lowest BCUT2D eigenvalue weighted by atomic mass is 10.2. The van der Waals surface area contributed by atoms with E-state index in [4.69, 9.17) is 18.9 Å². The number of carbonyl (C=O) groups is 2. The summed E-state index contributed by atoms with van der Waals surface area (Å²) in [4.78, 5) is 24.0. The van der Waals surface area contributed by atoms with Gasteiger partial charge in [0, 0.05) is 13.0 Å². The summed E-state index contributed by atoms with van der Waals surface area (Å²) < 4.78 is 21.9. The van der Waals surface area contributed by atoms with Crippen molar-refractivity contribution in [2.24, 2.45) is 0 Å². The van der Waals surface area contributed by atoms with E-state index in [-0.39, 0.29) is 18.8 Å². The van der Waals surface area contributed by atoms with E-state index in [9.17, 15) is 9.59 Å². The molecule has 0 radical (unpaired) electrons. The Labute approximate surface area is 144 Å². The monoisotopic (exact) mass is 345 g/mol. The Bertz CT molecular complexity index is 406. The first kappa shape index (κ1) is 20.7. The van der Waals surface area contributed by atoms with Crippen molar-refractivity contribution < 1.29 is 28.5 Å². The first-order valence-corrected chi connectivity index (χ1v) is 8.60. The molecule has 1 rings (SSSR count). The van der Waals surface area contributed by atoms with Gasteiger partial charge in [-0.15, -0.1) is 0 Å². The molecule has 1 heterocycles. The minimum Gasteiger partial charge on any atom is -0.461 e. The van der Waals surface area contributed by atoms with E-state index in [1.807, 2.05) is 6.92 Å². The largest absolute Gasteiger partial charge is 0.461 e. The number of esters is 1. The molecule has 1 amide bonds. The number of ether oxygens (including phenoxy) is 4. The van der Waals surface area contributed by atoms with Gasteiger partial charge < -0.3 is 24.3 Å². The summed E-state index contributed by atoms with van der Waals surface area (Å²) in [5.74, 6) is -0.525. The summed E-state index contributed by atoms with van der Waals surface area (Å²) in [5.41, 5.74) is -0.640. The molecule has 0 aromatic carbocycles. The van der Waals surface area contributed by atoms with Gasteiger partial charge in [0.25, 0.3) is 0 Å². The van der Waals surface area contributed by atoms with E-state index < -0.39 is 23.7 Å². The number of rotatable bonds is 5. The topological polar surface area (TPSA) is 83.1 Å². The van der Waals surface area contributed by atoms with E-state index in [0.29, 0.717) is 19.6 Å². The Balaban J connectivity index is 2.58. The summed E-state index contributed by atoms with van der Waals surface area (Å²) >= 11 is 0. The fraction of sp³-hybridized carbons (Fsp3) is 0.882. The quantitative estimate of drug-likeness (QED) is 0.608. The van der Waals surface area contributed by atoms with Gasteiger partial charge in [0.2, 0.25) is 0 Å². The molecule has 140 valence electrons. The second kappa shape index (κ2) is 9.84. The maximum Gasteiger partial charge on any atom is 0.408 e. The standard InChI is InChI=1S/C17H31NO6/c1-6-7-8-22-13-9-12(2)23-15(19)14(11-21-10-13)18-16(20)24-17(3,4)5/h12-14H,6-11H2,1-5H3,(H,18,20)/t12?,13?,14-/m0/s1. The van der Waals surface area contributed by atoms with Crippen molar-refractivity contribution in [2.45, 2.75) is 77.7 Å². The highest BCUT2D eigenvalue weighted by molar-refractivity contribution is 5.81. The Morgan fingerprint density at radius 1 is 1.33 bits per heavy atom. The highest BCUT2D eigenvalue weighted by Crippen LogP contribution is 2.13. The van der Waals surface area contributed by atoms with Crippen LogP contribution in [-0.2, 0) is 23.7 Å². The summed E-state index contributed by atoms with van der Waals surface area (Å²) in [6.45, 7) is 10.2. The Morgan fingerprint density at radius 3 is 2.67 bits per heavy atom. The third-order valence-corrected chi connectivity index (χ3v) is 3.33. The Kier molecular flexibility index (Phi) is 8.48. The summed E-state index contributed by atoms with van der Waals surface area (Å²) in [7, 11) is 0. The number of unbranched alkanes of at least 4 members (excludes halogenated alkanes) is 1. The van der Waals surface area contributed by atoms with Crippen LogP contribution in [-0.4, -0.2) is 55.7 Å². The molecule has 0 saturated carbocycles. The third kappa shape index (κ3) is 8.49. The van der Waals surface area contributed by atoms with Crippen LogP contribution in [0, 0.1) is 0 Å². The molecule has 3 atom stereocenters. The van der Waals surface area contributed by atoms with E-state index in [1.165, 1.54) is 0 Å². The van der Waals surface area contributed by atoms with Gasteiger partial charge in [0.1, 0.15) is 11.7 Å². The van der Waals surface area contributed by atoms with Gasteiger partial charge in [-0.1, -0.05) is 13.3 Å². The van der Waals surface area contributed by atoms with Crippen molar-refractivity contribution in [1.29, 1.82) is 0 Å². The van der Waals surface area contributed by atoms with Crippen LogP contribution >= 0.6 is 0 Å². The average molecular weight is 345 g/mol. The maximum absolute atomic E-state index is 12.2. The molecule has 0 spiro atoms. The van der Waals surface area contributed by atoms with E-state index in [0.717, 1.165) is 12.8 Å². The molecule has 1 N–H and O–H groups in total. The number of nitrogens with one attached hydrogen (secondary N) is 1. The van der Waals surface area contributed by atoms with Crippen LogP contribution in [0.2, 0.25) is 0 Å². The van der Waals surface area contributed by atoms with Crippen LogP contribution in [0.3, 0.4) is 0 Å². The van der Waals surface area contributed by atoms with Gasteiger partial charge in [0.05, 0.1) is 19.3 Å². The molecule has 0 aliphatic carbocycles. The lowest BCUT2D eigenvalue weighted by Gasteiger charge is -2.23. The van der Waals surface area contributed by atoms with Crippen LogP contribution in [0.5, 0.6) is 0 Å². The SMILES string of the molecule is CCCCOC1COC[C@H](NC(=O)OC(C)(C)C)C(=O)OC(C)C1. The van der Waals surface area contributed by atoms with Crippen LogP contribution in [0.1, 0.15) is 53.9 Å². The van der Waals surface area contributed by atoms with Crippen LogP contribution < -0.4 is 5.32 Å². The Hall–Kier alpha value is -1.34. The van der Waals surface area contributed by atoms with Crippen LogP contribution in [0.15, 0.2) is 0 Å². The first-order chi connectivity index (χ1) is 11.2. The molecule has 0 bridgehead atoms. The van der Waals surface area contributed by atoms with Gasteiger partial charge in [0.15, 0.2) is 6.04 Å². The highest BCUT2D eigenvalue weighted by atomic mass is 16.6. The minimum atomic E-state index is -0.892. The van der Waals surface area contributed by atoms with Crippen molar-refractivity contribution in [3.05, 3.63) is 0 Å². The zero-order valence-electron chi connectivity index (χ0n) is 15.4. The molecule has 7 nitrogen and oxygen atoms in total. The lowest BCUT2D eigenvalue weighted by molar-refractivity contribution is -0.152. The second-order valence-electron chi connectivity index (χ2n) is 7.07. The number of hydrogen-bond acceptors (Lipinski definition) is 6. The number of hydrogen-bond donors (Lipinski definition) is 1. The smallest absolute Gasteiger partial charge is 0.408 e. The maximum atomic E-state index is 12.2. The zero-order valence-corrected chi connectivity index (χ0v) is 15.4.